The van der Waals surface area contributed by atoms with Gasteiger partial charge in [0.15, 0.2) is 0 Å². The number of halogens is 1. The second kappa shape index (κ2) is 11.5. The number of H-pyrrole nitrogens is 1. The van der Waals surface area contributed by atoms with Gasteiger partial charge in [-0.05, 0) is 67.1 Å². The average Bonchev–Trinajstić information content (AvgIpc) is 3.32. The van der Waals surface area contributed by atoms with E-state index in [0.29, 0.717) is 37.7 Å². The number of aromatic nitrogens is 1. The summed E-state index contributed by atoms with van der Waals surface area (Å²) in [5.41, 5.74) is 0.460. The van der Waals surface area contributed by atoms with Crippen LogP contribution in [-0.4, -0.2) is 71.0 Å². The molecule has 6 atom stereocenters. The van der Waals surface area contributed by atoms with E-state index in [-0.39, 0.29) is 58.4 Å². The lowest BCUT2D eigenvalue weighted by molar-refractivity contribution is -0.142. The Kier molecular flexibility index (Phi) is 8.13. The molecular weight excluding hydrogens is 541 g/mol. The van der Waals surface area contributed by atoms with Crippen LogP contribution >= 0.6 is 0 Å². The number of hydrogen-bond acceptors (Lipinski definition) is 5. The number of nitrogens with zero attached hydrogens (tertiary/aromatic N) is 1. The number of carbonyl (C=O) groups is 5. The van der Waals surface area contributed by atoms with Gasteiger partial charge in [-0.2, -0.15) is 0 Å². The van der Waals surface area contributed by atoms with Gasteiger partial charge in [-0.15, -0.1) is 0 Å². The molecule has 3 fully saturated rings. The lowest BCUT2D eigenvalue weighted by Gasteiger charge is -2.34. The van der Waals surface area contributed by atoms with Crippen LogP contribution in [0.1, 0.15) is 63.9 Å². The van der Waals surface area contributed by atoms with Crippen molar-refractivity contribution in [1.29, 1.82) is 0 Å². The molecule has 5 rings (SSSR count). The number of piperidine rings is 2. The summed E-state index contributed by atoms with van der Waals surface area (Å²) >= 11 is 0. The van der Waals surface area contributed by atoms with E-state index in [0.717, 1.165) is 6.42 Å². The minimum absolute atomic E-state index is 0.0568. The summed E-state index contributed by atoms with van der Waals surface area (Å²) in [7, 11) is 0. The predicted molar refractivity (Wildman–Crippen MR) is 154 cm³/mol. The Morgan fingerprint density at radius 1 is 1.21 bits per heavy atom. The van der Waals surface area contributed by atoms with Crippen molar-refractivity contribution in [3.05, 3.63) is 35.8 Å². The van der Waals surface area contributed by atoms with Crippen molar-refractivity contribution >= 4 is 40.8 Å². The minimum Gasteiger partial charge on any atom is -0.356 e. The second-order valence-corrected chi connectivity index (χ2v) is 13.0. The van der Waals surface area contributed by atoms with Crippen LogP contribution in [0.5, 0.6) is 0 Å². The van der Waals surface area contributed by atoms with Crippen LogP contribution in [0.4, 0.5) is 4.39 Å². The van der Waals surface area contributed by atoms with E-state index in [1.807, 2.05) is 13.8 Å². The summed E-state index contributed by atoms with van der Waals surface area (Å²) in [5.74, 6) is -2.17. The maximum absolute atomic E-state index is 14.2. The van der Waals surface area contributed by atoms with Crippen LogP contribution in [0.25, 0.3) is 10.9 Å². The molecule has 3 aliphatic rings. The number of amides is 4. The third-order valence-electron chi connectivity index (χ3n) is 9.36. The van der Waals surface area contributed by atoms with Gasteiger partial charge in [0, 0.05) is 29.9 Å². The van der Waals surface area contributed by atoms with Gasteiger partial charge in [0.2, 0.25) is 17.7 Å². The topological polar surface area (TPSA) is 140 Å². The fraction of sp³-hybridized carbons (Fsp3) is 0.581. The number of likely N-dealkylation sites (tertiary alicyclic amines) is 1. The highest BCUT2D eigenvalue weighted by molar-refractivity contribution is 6.01. The van der Waals surface area contributed by atoms with Crippen LogP contribution < -0.4 is 16.0 Å². The lowest BCUT2D eigenvalue weighted by Crippen LogP contribution is -2.57. The van der Waals surface area contributed by atoms with E-state index in [2.05, 4.69) is 34.8 Å². The molecule has 4 N–H and O–H groups in total. The summed E-state index contributed by atoms with van der Waals surface area (Å²) in [5, 5.41) is 8.73. The fourth-order valence-corrected chi connectivity index (χ4v) is 6.97. The van der Waals surface area contributed by atoms with Gasteiger partial charge in [-0.25, -0.2) is 4.39 Å². The molecule has 1 aromatic heterocycles. The van der Waals surface area contributed by atoms with Crippen molar-refractivity contribution in [3.63, 3.8) is 0 Å². The van der Waals surface area contributed by atoms with Crippen LogP contribution in [0.2, 0.25) is 0 Å². The van der Waals surface area contributed by atoms with Crippen molar-refractivity contribution in [2.45, 2.75) is 71.5 Å². The van der Waals surface area contributed by atoms with Crippen molar-refractivity contribution in [1.82, 2.24) is 25.8 Å². The minimum atomic E-state index is -0.905. The summed E-state index contributed by atoms with van der Waals surface area (Å²) in [6.45, 7) is 8.99. The zero-order valence-electron chi connectivity index (χ0n) is 24.5. The number of rotatable bonds is 10. The SMILES string of the molecule is CC(C)C[C@H](NC(=O)c1cc2c(F)cccc2[nH]1)C(=O)N1C[C@H]2[C@@H]([C@H]1C(=O)N[C@H](C=O)C[C@@H]1CCCNC1=O)C2(C)C. The summed E-state index contributed by atoms with van der Waals surface area (Å²) in [6.07, 6.45) is 2.67. The van der Waals surface area contributed by atoms with Crippen molar-refractivity contribution in [2.24, 2.45) is 29.1 Å². The monoisotopic (exact) mass is 581 g/mol. The van der Waals surface area contributed by atoms with Crippen molar-refractivity contribution in [3.8, 4) is 0 Å². The first-order chi connectivity index (χ1) is 19.9. The van der Waals surface area contributed by atoms with Crippen LogP contribution in [0.15, 0.2) is 24.3 Å². The molecule has 2 saturated heterocycles. The van der Waals surface area contributed by atoms with Crippen molar-refractivity contribution < 1.29 is 28.4 Å². The smallest absolute Gasteiger partial charge is 0.268 e. The Bertz CT molecular complexity index is 1400. The summed E-state index contributed by atoms with van der Waals surface area (Å²) < 4.78 is 14.2. The zero-order valence-corrected chi connectivity index (χ0v) is 24.5. The zero-order chi connectivity index (χ0) is 30.3. The first-order valence-corrected chi connectivity index (χ1v) is 14.8. The number of aromatic amines is 1. The van der Waals surface area contributed by atoms with Crippen LogP contribution in [-0.2, 0) is 19.2 Å². The van der Waals surface area contributed by atoms with E-state index < -0.39 is 35.8 Å². The average molecular weight is 582 g/mol. The molecule has 42 heavy (non-hydrogen) atoms. The predicted octanol–water partition coefficient (Wildman–Crippen LogP) is 2.53. The Morgan fingerprint density at radius 2 is 1.98 bits per heavy atom. The maximum Gasteiger partial charge on any atom is 0.268 e. The van der Waals surface area contributed by atoms with Gasteiger partial charge in [0.05, 0.1) is 6.04 Å². The third-order valence-corrected chi connectivity index (χ3v) is 9.36. The van der Waals surface area contributed by atoms with E-state index in [1.165, 1.54) is 12.1 Å². The van der Waals surface area contributed by atoms with Crippen molar-refractivity contribution in [2.75, 3.05) is 13.1 Å². The van der Waals surface area contributed by atoms with Gasteiger partial charge >= 0.3 is 0 Å². The molecular formula is C31H40FN5O5. The Morgan fingerprint density at radius 3 is 2.64 bits per heavy atom. The molecule has 0 spiro atoms. The Balaban J connectivity index is 1.33. The van der Waals surface area contributed by atoms with Crippen LogP contribution in [0, 0.1) is 34.9 Å². The Hall–Kier alpha value is -3.76. The molecule has 4 amide bonds. The highest BCUT2D eigenvalue weighted by atomic mass is 19.1. The molecule has 0 unspecified atom stereocenters. The summed E-state index contributed by atoms with van der Waals surface area (Å²) in [6, 6.07) is 3.40. The van der Waals surface area contributed by atoms with Gasteiger partial charge in [-0.3, -0.25) is 19.2 Å². The van der Waals surface area contributed by atoms with Gasteiger partial charge in [0.25, 0.3) is 5.91 Å². The number of fused-ring (bicyclic) bond motifs is 2. The Labute approximate surface area is 244 Å². The molecule has 2 aromatic rings. The number of aldehydes is 1. The molecule has 0 bridgehead atoms. The first-order valence-electron chi connectivity index (χ1n) is 14.8. The first kappa shape index (κ1) is 29.7. The molecule has 226 valence electrons. The third kappa shape index (κ3) is 5.65. The number of benzene rings is 1. The number of hydrogen-bond donors (Lipinski definition) is 4. The highest BCUT2D eigenvalue weighted by Gasteiger charge is 2.69. The lowest BCUT2D eigenvalue weighted by atomic mass is 9.91. The normalized spacial score (nSPS) is 25.9. The number of carbonyl (C=O) groups excluding carboxylic acids is 5. The van der Waals surface area contributed by atoms with E-state index >= 15 is 0 Å². The largest absolute Gasteiger partial charge is 0.356 e. The molecule has 11 heteroatoms. The summed E-state index contributed by atoms with van der Waals surface area (Å²) in [4.78, 5) is 69.6. The molecule has 1 saturated carbocycles. The molecule has 1 aromatic carbocycles. The molecule has 0 radical (unpaired) electrons. The van der Waals surface area contributed by atoms with E-state index in [9.17, 15) is 28.4 Å². The number of nitrogens with one attached hydrogen (secondary N) is 4. The molecule has 1 aliphatic carbocycles. The van der Waals surface area contributed by atoms with E-state index in [4.69, 9.17) is 0 Å². The van der Waals surface area contributed by atoms with Gasteiger partial charge in [-0.1, -0.05) is 33.8 Å². The van der Waals surface area contributed by atoms with Gasteiger partial charge < -0.3 is 30.6 Å². The molecule has 10 nitrogen and oxygen atoms in total. The maximum atomic E-state index is 14.2. The van der Waals surface area contributed by atoms with Gasteiger partial charge in [0.1, 0.15) is 29.9 Å². The molecule has 2 aliphatic heterocycles. The quantitative estimate of drug-likeness (QED) is 0.319. The standard InChI is InChI=1S/C31H40FN5O5/c1-16(2)11-24(36-28(40)23-13-19-21(32)8-5-9-22(19)35-23)30(42)37-14-20-25(31(20,3)4)26(37)29(41)34-18(15-38)12-17-7-6-10-33-27(17)39/h5,8-9,13,15-18,20,24-26,35H,6-7,10-12,14H2,1-4H3,(H,33,39)(H,34,41)(H,36,40)/t17-,18-,20-,24-,25-,26-/m0/s1. The fourth-order valence-electron chi connectivity index (χ4n) is 6.97. The van der Waals surface area contributed by atoms with E-state index in [1.54, 1.807) is 17.0 Å². The molecule has 3 heterocycles. The van der Waals surface area contributed by atoms with Crippen LogP contribution in [0.3, 0.4) is 0 Å². The highest BCUT2D eigenvalue weighted by Crippen LogP contribution is 2.65. The second-order valence-electron chi connectivity index (χ2n) is 13.0.